The lowest BCUT2D eigenvalue weighted by Gasteiger charge is -2.13. The minimum atomic E-state index is -0.0249. The van der Waals surface area contributed by atoms with E-state index in [1.807, 2.05) is 67.6 Å². The van der Waals surface area contributed by atoms with Crippen LogP contribution in [0.25, 0.3) is 10.9 Å². The van der Waals surface area contributed by atoms with Crippen LogP contribution in [0.4, 0.5) is 0 Å². The molecule has 0 saturated carbocycles. The summed E-state index contributed by atoms with van der Waals surface area (Å²) in [4.78, 5) is 22.1. The fourth-order valence-electron chi connectivity index (χ4n) is 3.19. The lowest BCUT2D eigenvalue weighted by Crippen LogP contribution is -2.24. The van der Waals surface area contributed by atoms with Crippen LogP contribution in [0.1, 0.15) is 17.5 Å². The highest BCUT2D eigenvalue weighted by Gasteiger charge is 2.12. The zero-order valence-corrected chi connectivity index (χ0v) is 17.6. The number of hydrogen-bond acceptors (Lipinski definition) is 5. The summed E-state index contributed by atoms with van der Waals surface area (Å²) in [5, 5.41) is 1.35. The fourth-order valence-corrected chi connectivity index (χ4v) is 4.11. The van der Waals surface area contributed by atoms with Gasteiger partial charge < -0.3 is 4.74 Å². The second-order valence-electron chi connectivity index (χ2n) is 6.98. The number of benzene rings is 2. The molecule has 2 aromatic carbocycles. The van der Waals surface area contributed by atoms with Gasteiger partial charge >= 0.3 is 0 Å². The van der Waals surface area contributed by atoms with Crippen molar-refractivity contribution in [3.63, 3.8) is 0 Å². The first-order valence-corrected chi connectivity index (χ1v) is 10.9. The van der Waals surface area contributed by atoms with Crippen molar-refractivity contribution < 1.29 is 4.74 Å². The van der Waals surface area contributed by atoms with Crippen LogP contribution in [0, 0.1) is 6.92 Å². The number of aryl methyl sites for hydroxylation is 1. The zero-order valence-electron chi connectivity index (χ0n) is 16.8. The number of rotatable bonds is 8. The highest BCUT2D eigenvalue weighted by Crippen LogP contribution is 2.21. The lowest BCUT2D eigenvalue weighted by atomic mass is 10.2. The Kier molecular flexibility index (Phi) is 6.44. The number of nitrogens with zero attached hydrogens (tertiary/aromatic N) is 3. The normalized spacial score (nSPS) is 11.0. The van der Waals surface area contributed by atoms with Gasteiger partial charge in [0.05, 0.1) is 24.1 Å². The van der Waals surface area contributed by atoms with E-state index in [9.17, 15) is 4.79 Å². The van der Waals surface area contributed by atoms with Crippen LogP contribution in [-0.2, 0) is 6.54 Å². The van der Waals surface area contributed by atoms with Crippen molar-refractivity contribution in [1.29, 1.82) is 0 Å². The molecule has 0 unspecified atom stereocenters. The van der Waals surface area contributed by atoms with Crippen molar-refractivity contribution in [2.75, 3.05) is 12.4 Å². The molecule has 5 nitrogen and oxygen atoms in total. The van der Waals surface area contributed by atoms with Crippen molar-refractivity contribution in [3.8, 4) is 5.75 Å². The Labute approximate surface area is 179 Å². The molecule has 0 amide bonds. The van der Waals surface area contributed by atoms with Gasteiger partial charge in [0.2, 0.25) is 0 Å². The van der Waals surface area contributed by atoms with Crippen molar-refractivity contribution in [1.82, 2.24) is 14.5 Å². The molecule has 6 heteroatoms. The van der Waals surface area contributed by atoms with Gasteiger partial charge in [0, 0.05) is 18.1 Å². The van der Waals surface area contributed by atoms with E-state index in [0.717, 1.165) is 39.7 Å². The van der Waals surface area contributed by atoms with E-state index in [4.69, 9.17) is 9.72 Å². The Balaban J connectivity index is 1.50. The van der Waals surface area contributed by atoms with E-state index in [1.165, 1.54) is 0 Å². The summed E-state index contributed by atoms with van der Waals surface area (Å²) < 4.78 is 7.63. The summed E-state index contributed by atoms with van der Waals surface area (Å²) in [5.41, 5.74) is 2.81. The van der Waals surface area contributed by atoms with Gasteiger partial charge in [-0.2, -0.15) is 0 Å². The fraction of sp³-hybridized carbons (Fsp3) is 0.208. The first-order valence-electron chi connectivity index (χ1n) is 9.92. The molecule has 0 aliphatic carbocycles. The molecule has 2 heterocycles. The van der Waals surface area contributed by atoms with Gasteiger partial charge in [-0.1, -0.05) is 48.2 Å². The molecule has 30 heavy (non-hydrogen) atoms. The Morgan fingerprint density at radius 3 is 2.70 bits per heavy atom. The predicted molar refractivity (Wildman–Crippen MR) is 121 cm³/mol. The van der Waals surface area contributed by atoms with Gasteiger partial charge in [-0.15, -0.1) is 0 Å². The van der Waals surface area contributed by atoms with E-state index in [-0.39, 0.29) is 5.56 Å². The molecule has 0 fully saturated rings. The molecule has 0 aliphatic heterocycles. The number of para-hydroxylation sites is 2. The zero-order chi connectivity index (χ0) is 20.8. The van der Waals surface area contributed by atoms with Gasteiger partial charge in [-0.3, -0.25) is 14.3 Å². The smallest absolute Gasteiger partial charge is 0.262 e. The van der Waals surface area contributed by atoms with E-state index < -0.39 is 0 Å². The molecule has 4 aromatic rings. The third-order valence-corrected chi connectivity index (χ3v) is 5.82. The van der Waals surface area contributed by atoms with Gasteiger partial charge in [0.15, 0.2) is 5.16 Å². The number of aromatic nitrogens is 3. The summed E-state index contributed by atoms with van der Waals surface area (Å²) >= 11 is 1.59. The predicted octanol–water partition coefficient (Wildman–Crippen LogP) is 4.71. The maximum atomic E-state index is 13.1. The number of thioether (sulfide) groups is 1. The summed E-state index contributed by atoms with van der Waals surface area (Å²) in [7, 11) is 0. The third-order valence-electron chi connectivity index (χ3n) is 4.76. The van der Waals surface area contributed by atoms with Crippen LogP contribution in [0.3, 0.4) is 0 Å². The Morgan fingerprint density at radius 1 is 1.03 bits per heavy atom. The SMILES string of the molecule is Cc1ccccc1OCCCSc1nc2ccccc2c(=O)n1Cc1cccnc1. The molecule has 0 N–H and O–H groups in total. The molecule has 0 atom stereocenters. The van der Waals surface area contributed by atoms with E-state index in [2.05, 4.69) is 4.98 Å². The third kappa shape index (κ3) is 4.71. The summed E-state index contributed by atoms with van der Waals surface area (Å²) in [5.74, 6) is 1.73. The minimum absolute atomic E-state index is 0.0249. The first kappa shape index (κ1) is 20.2. The molecular weight excluding hydrogens is 394 g/mol. The topological polar surface area (TPSA) is 57.0 Å². The molecule has 0 bridgehead atoms. The second-order valence-corrected chi connectivity index (χ2v) is 8.04. The van der Waals surface area contributed by atoms with E-state index in [1.54, 1.807) is 28.7 Å². The van der Waals surface area contributed by atoms with Crippen LogP contribution in [-0.4, -0.2) is 26.9 Å². The number of ether oxygens (including phenoxy) is 1. The van der Waals surface area contributed by atoms with Gasteiger partial charge in [-0.25, -0.2) is 4.98 Å². The largest absolute Gasteiger partial charge is 0.493 e. The standard InChI is InChI=1S/C24H23N3O2S/c1-18-8-2-5-12-22(18)29-14-7-15-30-24-26-21-11-4-3-10-20(21)23(28)27(24)17-19-9-6-13-25-16-19/h2-6,8-13,16H,7,14-15,17H2,1H3. The van der Waals surface area contributed by atoms with Crippen LogP contribution in [0.15, 0.2) is 83.0 Å². The van der Waals surface area contributed by atoms with Gasteiger partial charge in [0.25, 0.3) is 5.56 Å². The molecule has 0 spiro atoms. The first-order chi connectivity index (χ1) is 14.7. The van der Waals surface area contributed by atoms with Crippen molar-refractivity contribution in [2.24, 2.45) is 0 Å². The minimum Gasteiger partial charge on any atom is -0.493 e. The molecular formula is C24H23N3O2S. The van der Waals surface area contributed by atoms with Gasteiger partial charge in [-0.05, 0) is 48.7 Å². The number of pyridine rings is 1. The van der Waals surface area contributed by atoms with Crippen LogP contribution >= 0.6 is 11.8 Å². The molecule has 0 saturated heterocycles. The van der Waals surface area contributed by atoms with Crippen LogP contribution in [0.5, 0.6) is 5.75 Å². The molecule has 4 rings (SSSR count). The Bertz CT molecular complexity index is 1190. The molecule has 152 valence electrons. The maximum Gasteiger partial charge on any atom is 0.262 e. The monoisotopic (exact) mass is 417 g/mol. The van der Waals surface area contributed by atoms with Crippen molar-refractivity contribution in [3.05, 3.63) is 94.5 Å². The van der Waals surface area contributed by atoms with Crippen molar-refractivity contribution in [2.45, 2.75) is 25.0 Å². The molecule has 0 aliphatic rings. The van der Waals surface area contributed by atoms with E-state index in [0.29, 0.717) is 18.5 Å². The maximum absolute atomic E-state index is 13.1. The average molecular weight is 418 g/mol. The van der Waals surface area contributed by atoms with E-state index >= 15 is 0 Å². The molecule has 0 radical (unpaired) electrons. The van der Waals surface area contributed by atoms with Crippen LogP contribution in [0.2, 0.25) is 0 Å². The van der Waals surface area contributed by atoms with Gasteiger partial charge in [0.1, 0.15) is 5.75 Å². The lowest BCUT2D eigenvalue weighted by molar-refractivity contribution is 0.316. The van der Waals surface area contributed by atoms with Crippen LogP contribution < -0.4 is 10.3 Å². The van der Waals surface area contributed by atoms with Crippen molar-refractivity contribution >= 4 is 22.7 Å². The summed E-state index contributed by atoms with van der Waals surface area (Å²) in [6, 6.07) is 19.4. The summed E-state index contributed by atoms with van der Waals surface area (Å²) in [6.45, 7) is 3.12. The Hall–Kier alpha value is -3.12. The highest BCUT2D eigenvalue weighted by atomic mass is 32.2. The average Bonchev–Trinajstić information content (AvgIpc) is 2.78. The Morgan fingerprint density at radius 2 is 1.87 bits per heavy atom. The highest BCUT2D eigenvalue weighted by molar-refractivity contribution is 7.99. The number of hydrogen-bond donors (Lipinski definition) is 0. The number of fused-ring (bicyclic) bond motifs is 1. The summed E-state index contributed by atoms with van der Waals surface area (Å²) in [6.07, 6.45) is 4.37. The molecule has 2 aromatic heterocycles. The quantitative estimate of drug-likeness (QED) is 0.236. The second kappa shape index (κ2) is 9.59.